The largest absolute Gasteiger partial charge is 0.478 e. The van der Waals surface area contributed by atoms with Crippen molar-refractivity contribution in [3.8, 4) is 0 Å². The van der Waals surface area contributed by atoms with E-state index in [2.05, 4.69) is 103 Å². The summed E-state index contributed by atoms with van der Waals surface area (Å²) in [6.07, 6.45) is 12.5. The maximum atomic E-state index is 11.5. The van der Waals surface area contributed by atoms with Gasteiger partial charge in [-0.05, 0) is 114 Å². The van der Waals surface area contributed by atoms with Gasteiger partial charge in [0.2, 0.25) is 0 Å². The third-order valence-electron chi connectivity index (χ3n) is 7.98. The van der Waals surface area contributed by atoms with Crippen LogP contribution >= 0.6 is 64.8 Å². The quantitative estimate of drug-likeness (QED) is 0.107. The molecule has 0 aliphatic carbocycles. The smallest absolute Gasteiger partial charge is 0.339 e. The average Bonchev–Trinajstić information content (AvgIpc) is 3.27. The van der Waals surface area contributed by atoms with Crippen molar-refractivity contribution in [2.24, 2.45) is 5.73 Å². The number of rotatable bonds is 6. The van der Waals surface area contributed by atoms with Gasteiger partial charge in [-0.15, -0.1) is 17.0 Å². The van der Waals surface area contributed by atoms with Gasteiger partial charge in [0, 0.05) is 50.5 Å². The van der Waals surface area contributed by atoms with Crippen LogP contribution in [0.25, 0.3) is 45.3 Å². The molecule has 362 valence electrons. The number of allylic oxidation sites excluding steroid dienone is 1. The first kappa shape index (κ1) is 56.0. The number of carboxylic acids is 2. The van der Waals surface area contributed by atoms with Crippen LogP contribution in [0, 0.1) is 0 Å². The molecule has 0 radical (unpaired) electrons. The van der Waals surface area contributed by atoms with Gasteiger partial charge >= 0.3 is 29.0 Å². The fourth-order valence-electron chi connectivity index (χ4n) is 4.98. The van der Waals surface area contributed by atoms with Gasteiger partial charge < -0.3 is 27.4 Å². The van der Waals surface area contributed by atoms with E-state index >= 15 is 0 Å². The van der Waals surface area contributed by atoms with Crippen molar-refractivity contribution in [2.45, 2.75) is 6.92 Å². The summed E-state index contributed by atoms with van der Waals surface area (Å²) in [5.74, 6) is -2.66. The van der Waals surface area contributed by atoms with Crippen molar-refractivity contribution in [3.63, 3.8) is 0 Å². The molecular weight excluding hydrogens is 1190 g/mol. The zero-order valence-electron chi connectivity index (χ0n) is 35.1. The maximum absolute atomic E-state index is 11.5. The highest BCUT2D eigenvalue weighted by atomic mass is 79.9. The van der Waals surface area contributed by atoms with Crippen molar-refractivity contribution < 1.29 is 29.4 Å². The molecule has 0 spiro atoms. The summed E-state index contributed by atoms with van der Waals surface area (Å²) in [7, 11) is 0. The normalized spacial score (nSPS) is 10.3. The molecule has 1 amide bonds. The molecule has 8 rings (SSSR count). The minimum atomic E-state index is -1.10. The summed E-state index contributed by atoms with van der Waals surface area (Å²) in [4.78, 5) is 142. The molecule has 14 N–H and O–H groups in total. The number of aromatic amines is 6. The van der Waals surface area contributed by atoms with Gasteiger partial charge in [-0.2, -0.15) is 0 Å². The number of pyridine rings is 5. The molecule has 0 fully saturated rings. The number of carboxylic acid groups (broad SMARTS) is 2. The first-order valence-corrected chi connectivity index (χ1v) is 20.9. The van der Waals surface area contributed by atoms with Gasteiger partial charge in [0.15, 0.2) is 5.78 Å². The molecule has 0 saturated carbocycles. The van der Waals surface area contributed by atoms with Gasteiger partial charge in [-0.25, -0.2) is 48.9 Å². The minimum Gasteiger partial charge on any atom is -0.478 e. The summed E-state index contributed by atoms with van der Waals surface area (Å²) < 4.78 is 1.97. The highest BCUT2D eigenvalue weighted by Crippen LogP contribution is 2.16. The van der Waals surface area contributed by atoms with E-state index in [9.17, 15) is 47.9 Å². The summed E-state index contributed by atoms with van der Waals surface area (Å²) in [5.41, 5.74) is 14.3. The van der Waals surface area contributed by atoms with Gasteiger partial charge in [-0.3, -0.25) is 53.9 Å². The second-order valence-electron chi connectivity index (χ2n) is 13.1. The van der Waals surface area contributed by atoms with Crippen molar-refractivity contribution >= 4 is 145 Å². The van der Waals surface area contributed by atoms with E-state index in [0.717, 1.165) is 6.08 Å². The van der Waals surface area contributed by atoms with Crippen LogP contribution in [-0.4, -0.2) is 88.7 Å². The molecule has 26 nitrogen and oxygen atoms in total. The molecule has 8 aromatic rings. The topological polar surface area (TPSA) is 448 Å². The summed E-state index contributed by atoms with van der Waals surface area (Å²) >= 11 is 9.40. The number of H-pyrrole nitrogens is 6. The predicted molar refractivity (Wildman–Crippen MR) is 272 cm³/mol. The molecule has 30 heteroatoms. The Kier molecular flexibility index (Phi) is 20.5. The Hall–Kier alpha value is -8.35. The number of fused-ring (bicyclic) bond motifs is 3. The Balaban J connectivity index is 0.000000234. The standard InChI is InChI=1S/C11H9N3O3.C10H7N3O4.C7H4BrN3O2.C6H6BrN3O.C6H5BrN2O2.BrH/c1-6(15)2-3-7-4-8-9(12-5-7)13-11(17)14-10(8)16;14-7(15)2-1-5-3-6-8(11-4-5)12-10(17)13-9(6)16;8-3-1-4-5(9-2-3)10-7(13)11-6(4)12;7-3-1-4(6(9)11)5(8)10-2-3;7-3-1-4(6(10)11)5(8)9-2-3;/h2-5H,1H3,(H2,12,13,14,16,17);1-4H,(H,14,15)(H2,11,12,13,16,17);1-2H,(H2,9,10,11,12,13);1-2H,(H2,8,10)(H2,9,11);1-2H,(H2,8,9)(H,10,11);1H/b3-2+;2-1+;;;;. The summed E-state index contributed by atoms with van der Waals surface area (Å²) in [6, 6.07) is 7.53. The van der Waals surface area contributed by atoms with E-state index < -0.39 is 51.6 Å². The number of amides is 1. The molecule has 8 heterocycles. The number of primary amides is 1. The second kappa shape index (κ2) is 25.7. The maximum Gasteiger partial charge on any atom is 0.339 e. The zero-order chi connectivity index (χ0) is 51.1. The number of anilines is 2. The van der Waals surface area contributed by atoms with Crippen LogP contribution in [0.3, 0.4) is 0 Å². The molecule has 0 unspecified atom stereocenters. The van der Waals surface area contributed by atoms with Crippen molar-refractivity contribution in [1.82, 2.24) is 54.8 Å². The number of nitrogens with two attached hydrogens (primary N) is 3. The van der Waals surface area contributed by atoms with Crippen LogP contribution in [0.2, 0.25) is 0 Å². The fourth-order valence-corrected chi connectivity index (χ4v) is 5.97. The molecule has 0 aliphatic rings. The highest BCUT2D eigenvalue weighted by Gasteiger charge is 2.09. The van der Waals surface area contributed by atoms with E-state index in [1.54, 1.807) is 18.2 Å². The lowest BCUT2D eigenvalue weighted by molar-refractivity contribution is -0.131. The monoisotopic (exact) mass is 1220 g/mol. The number of carbonyl (C=O) groups excluding carboxylic acids is 2. The van der Waals surface area contributed by atoms with Gasteiger partial charge in [-0.1, -0.05) is 0 Å². The van der Waals surface area contributed by atoms with Crippen LogP contribution in [0.4, 0.5) is 11.6 Å². The number of nitrogen functional groups attached to an aromatic ring is 2. The molecule has 0 bridgehead atoms. The number of hydrogen-bond acceptors (Lipinski definition) is 17. The number of aliphatic carboxylic acids is 1. The number of ketones is 1. The van der Waals surface area contributed by atoms with E-state index in [-0.39, 0.29) is 73.2 Å². The lowest BCUT2D eigenvalue weighted by Crippen LogP contribution is -2.22. The number of halogens is 4. The fraction of sp³-hybridized carbons (Fsp3) is 0.0250. The Labute approximate surface area is 422 Å². The minimum absolute atomic E-state index is 0. The predicted octanol–water partition coefficient (Wildman–Crippen LogP) is 2.52. The highest BCUT2D eigenvalue weighted by molar-refractivity contribution is 9.11. The molecular formula is C40H32Br4N14O12. The summed E-state index contributed by atoms with van der Waals surface area (Å²) in [5, 5.41) is 17.8. The van der Waals surface area contributed by atoms with E-state index in [0.29, 0.717) is 29.9 Å². The van der Waals surface area contributed by atoms with Crippen LogP contribution in [0.1, 0.15) is 38.8 Å². The van der Waals surface area contributed by atoms with Gasteiger partial charge in [0.05, 0.1) is 21.7 Å². The Morgan fingerprint density at radius 1 is 0.529 bits per heavy atom. The number of nitrogens with zero attached hydrogens (tertiary/aromatic N) is 5. The molecule has 0 atom stereocenters. The van der Waals surface area contributed by atoms with Gasteiger partial charge in [0.25, 0.3) is 22.6 Å². The third kappa shape index (κ3) is 16.8. The molecule has 0 aliphatic heterocycles. The number of nitrogens with one attached hydrogen (secondary N) is 6. The van der Waals surface area contributed by atoms with Crippen molar-refractivity contribution in [2.75, 3.05) is 11.5 Å². The first-order valence-electron chi connectivity index (χ1n) is 18.5. The second-order valence-corrected chi connectivity index (χ2v) is 15.8. The van der Waals surface area contributed by atoms with Crippen LogP contribution in [0.5, 0.6) is 0 Å². The van der Waals surface area contributed by atoms with Crippen LogP contribution in [0.15, 0.2) is 116 Å². The van der Waals surface area contributed by atoms with E-state index in [4.69, 9.17) is 27.4 Å². The first-order chi connectivity index (χ1) is 32.5. The van der Waals surface area contributed by atoms with Crippen molar-refractivity contribution in [1.29, 1.82) is 0 Å². The van der Waals surface area contributed by atoms with Crippen LogP contribution < -0.4 is 50.9 Å². The zero-order valence-corrected chi connectivity index (χ0v) is 41.5. The average molecular weight is 1220 g/mol. The van der Waals surface area contributed by atoms with Crippen LogP contribution in [-0.2, 0) is 9.59 Å². The third-order valence-corrected chi connectivity index (χ3v) is 9.28. The molecule has 0 saturated heterocycles. The molecule has 70 heavy (non-hydrogen) atoms. The molecule has 8 aromatic heterocycles. The van der Waals surface area contributed by atoms with Gasteiger partial charge in [0.1, 0.15) is 34.1 Å². The lowest BCUT2D eigenvalue weighted by atomic mass is 10.2. The SMILES string of the molecule is Br.CC(=O)/C=C/c1cnc2[nH]c(=O)[nH]c(=O)c2c1.NC(=O)c1cc(Br)cnc1N.Nc1ncc(Br)cc1C(=O)O.O=C(O)/C=C/c1cnc2[nH]c(=O)[nH]c(=O)c2c1.O=c1[nH]c(=O)c2cc(Br)cnc2[nH]1. The number of hydrogen-bond donors (Lipinski definition) is 11. The number of carbonyl (C=O) groups is 4. The van der Waals surface area contributed by atoms with E-state index in [1.807, 2.05) is 0 Å². The number of aromatic carboxylic acids is 1. The summed E-state index contributed by atoms with van der Waals surface area (Å²) in [6.45, 7) is 1.43. The molecule has 0 aromatic carbocycles. The Morgan fingerprint density at radius 2 is 0.886 bits per heavy atom. The Morgan fingerprint density at radius 3 is 1.26 bits per heavy atom. The lowest BCUT2D eigenvalue weighted by Gasteiger charge is -1.99. The van der Waals surface area contributed by atoms with E-state index in [1.165, 1.54) is 68.3 Å². The van der Waals surface area contributed by atoms with Crippen molar-refractivity contribution in [3.05, 3.63) is 172 Å². The Bertz CT molecular complexity index is 3530. The number of aromatic nitrogens is 11.